The van der Waals surface area contributed by atoms with Gasteiger partial charge in [0.05, 0.1) is 6.61 Å². The van der Waals surface area contributed by atoms with Gasteiger partial charge in [0.15, 0.2) is 18.4 Å². The van der Waals surface area contributed by atoms with Crippen LogP contribution in [-0.4, -0.2) is 60.4 Å². The smallest absolute Gasteiger partial charge is 0.332 e. The van der Waals surface area contributed by atoms with Crippen LogP contribution in [0.5, 0.6) is 0 Å². The molecule has 1 unspecified atom stereocenters. The fourth-order valence-corrected chi connectivity index (χ4v) is 3.38. The first-order valence-corrected chi connectivity index (χ1v) is 8.18. The van der Waals surface area contributed by atoms with Gasteiger partial charge in [-0.05, 0) is 18.8 Å². The molecule has 1 aliphatic carbocycles. The van der Waals surface area contributed by atoms with E-state index in [4.69, 9.17) is 10.5 Å². The number of ether oxygens (including phenoxy) is 1. The molecule has 0 aromatic carbocycles. The van der Waals surface area contributed by atoms with Crippen molar-refractivity contribution in [3.8, 4) is 0 Å². The number of anilines is 1. The summed E-state index contributed by atoms with van der Waals surface area (Å²) in [6.45, 7) is -0.0920. The molecule has 0 spiro atoms. The molecular weight excluding hydrogens is 334 g/mol. The van der Waals surface area contributed by atoms with Crippen LogP contribution in [-0.2, 0) is 11.3 Å². The topological polar surface area (TPSA) is 167 Å². The van der Waals surface area contributed by atoms with Crippen molar-refractivity contribution in [3.05, 3.63) is 16.2 Å². The second-order valence-corrected chi connectivity index (χ2v) is 6.68. The van der Waals surface area contributed by atoms with E-state index in [1.165, 1.54) is 4.57 Å². The fraction of sp³-hybridized carbons (Fsp3) is 0.714. The number of imidazole rings is 1. The standard InChI is InChI=1S/C14H21N5O6/c15-13-16-10-7(11(23)17-13)18(3-5-1-2-5)14(24)19(10)12-9(22)8(21)6(4-20)25-12/h5-6,8-9,11-12,20-23H,1-4H2,(H3,15,16,17)/t6-,8+,9-,11?,12-/m1/s1. The SMILES string of the molecule is NC1=NC(O)c2c(n([C@@H]3O[C@H](CO)[C@H](O)[C@H]3O)c(=O)n2CC2CC2)N1. The molecule has 4 rings (SSSR count). The van der Waals surface area contributed by atoms with E-state index in [0.29, 0.717) is 12.5 Å². The number of nitrogens with zero attached hydrogens (tertiary/aromatic N) is 3. The average molecular weight is 355 g/mol. The summed E-state index contributed by atoms with van der Waals surface area (Å²) in [4.78, 5) is 16.8. The number of aliphatic hydroxyl groups excluding tert-OH is 4. The summed E-state index contributed by atoms with van der Waals surface area (Å²) in [5.41, 5.74) is 5.39. The van der Waals surface area contributed by atoms with Gasteiger partial charge in [0.2, 0.25) is 0 Å². The average Bonchev–Trinajstić information content (AvgIpc) is 3.28. The molecule has 1 saturated carbocycles. The molecule has 0 bridgehead atoms. The van der Waals surface area contributed by atoms with E-state index in [9.17, 15) is 25.2 Å². The van der Waals surface area contributed by atoms with Crippen molar-refractivity contribution in [1.82, 2.24) is 9.13 Å². The maximum Gasteiger partial charge on any atom is 0.332 e. The zero-order valence-corrected chi connectivity index (χ0v) is 13.3. The lowest BCUT2D eigenvalue weighted by molar-refractivity contribution is -0.0535. The molecule has 1 saturated heterocycles. The molecular formula is C14H21N5O6. The van der Waals surface area contributed by atoms with Crippen LogP contribution >= 0.6 is 0 Å². The van der Waals surface area contributed by atoms with E-state index in [1.54, 1.807) is 0 Å². The summed E-state index contributed by atoms with van der Waals surface area (Å²) in [5, 5.41) is 42.5. The molecule has 2 fully saturated rings. The number of aliphatic hydroxyl groups is 4. The molecule has 3 heterocycles. The number of aliphatic imine (C=N–C) groups is 1. The zero-order valence-electron chi connectivity index (χ0n) is 13.3. The number of rotatable bonds is 4. The number of hydrogen-bond acceptors (Lipinski definition) is 9. The molecule has 2 aliphatic heterocycles. The predicted molar refractivity (Wildman–Crippen MR) is 84.6 cm³/mol. The quantitative estimate of drug-likeness (QED) is 0.342. The Kier molecular flexibility index (Phi) is 3.85. The van der Waals surface area contributed by atoms with Gasteiger partial charge >= 0.3 is 5.69 Å². The van der Waals surface area contributed by atoms with Crippen molar-refractivity contribution in [2.75, 3.05) is 11.9 Å². The molecule has 1 aromatic heterocycles. The number of aromatic nitrogens is 2. The molecule has 1 aromatic rings. The van der Waals surface area contributed by atoms with Crippen LogP contribution in [0.3, 0.4) is 0 Å². The van der Waals surface area contributed by atoms with E-state index in [0.717, 1.165) is 17.4 Å². The highest BCUT2D eigenvalue weighted by molar-refractivity contribution is 5.93. The van der Waals surface area contributed by atoms with Crippen molar-refractivity contribution >= 4 is 11.8 Å². The number of nitrogens with two attached hydrogens (primary N) is 1. The Bertz CT molecular complexity index is 768. The first kappa shape index (κ1) is 16.5. The molecule has 138 valence electrons. The van der Waals surface area contributed by atoms with Crippen LogP contribution in [0.1, 0.15) is 31.0 Å². The summed E-state index contributed by atoms with van der Waals surface area (Å²) in [6, 6.07) is 0. The van der Waals surface area contributed by atoms with Crippen molar-refractivity contribution in [2.45, 2.75) is 50.2 Å². The van der Waals surface area contributed by atoms with E-state index >= 15 is 0 Å². The van der Waals surface area contributed by atoms with Crippen LogP contribution < -0.4 is 16.7 Å². The first-order chi connectivity index (χ1) is 11.9. The van der Waals surface area contributed by atoms with Crippen LogP contribution in [0.25, 0.3) is 0 Å². The van der Waals surface area contributed by atoms with Gasteiger partial charge in [-0.2, -0.15) is 0 Å². The summed E-state index contributed by atoms with van der Waals surface area (Å²) in [7, 11) is 0. The Morgan fingerprint density at radius 1 is 1.28 bits per heavy atom. The van der Waals surface area contributed by atoms with Gasteiger partial charge in [0.25, 0.3) is 0 Å². The van der Waals surface area contributed by atoms with Crippen LogP contribution in [0.15, 0.2) is 9.79 Å². The Morgan fingerprint density at radius 3 is 2.60 bits per heavy atom. The molecule has 11 nitrogen and oxygen atoms in total. The minimum absolute atomic E-state index is 0.0796. The summed E-state index contributed by atoms with van der Waals surface area (Å²) < 4.78 is 7.99. The maximum absolute atomic E-state index is 13.0. The first-order valence-electron chi connectivity index (χ1n) is 8.18. The van der Waals surface area contributed by atoms with Crippen molar-refractivity contribution in [2.24, 2.45) is 16.6 Å². The normalized spacial score (nSPS) is 34.6. The van der Waals surface area contributed by atoms with E-state index in [2.05, 4.69) is 10.3 Å². The van der Waals surface area contributed by atoms with Gasteiger partial charge in [-0.1, -0.05) is 0 Å². The third-order valence-electron chi connectivity index (χ3n) is 4.87. The highest BCUT2D eigenvalue weighted by Gasteiger charge is 2.46. The molecule has 7 N–H and O–H groups in total. The monoisotopic (exact) mass is 355 g/mol. The van der Waals surface area contributed by atoms with Gasteiger partial charge in [-0.15, -0.1) is 0 Å². The van der Waals surface area contributed by atoms with Gasteiger partial charge in [-0.25, -0.2) is 14.4 Å². The third-order valence-corrected chi connectivity index (χ3v) is 4.87. The Hall–Kier alpha value is -1.92. The highest BCUT2D eigenvalue weighted by atomic mass is 16.6. The minimum Gasteiger partial charge on any atom is -0.394 e. The number of fused-ring (bicyclic) bond motifs is 1. The molecule has 11 heteroatoms. The number of guanidine groups is 1. The van der Waals surface area contributed by atoms with Gasteiger partial charge in [0.1, 0.15) is 29.8 Å². The Morgan fingerprint density at radius 2 is 2.00 bits per heavy atom. The molecule has 0 radical (unpaired) electrons. The predicted octanol–water partition coefficient (Wildman–Crippen LogP) is -2.60. The second kappa shape index (κ2) is 5.81. The van der Waals surface area contributed by atoms with Gasteiger partial charge in [0, 0.05) is 6.54 Å². The Balaban J connectivity index is 1.82. The van der Waals surface area contributed by atoms with Crippen LogP contribution in [0.2, 0.25) is 0 Å². The number of hydrogen-bond donors (Lipinski definition) is 6. The third kappa shape index (κ3) is 2.55. The minimum atomic E-state index is -1.42. The summed E-state index contributed by atoms with van der Waals surface area (Å²) >= 11 is 0. The molecule has 0 amide bonds. The summed E-state index contributed by atoms with van der Waals surface area (Å²) in [5.74, 6) is 0.433. The summed E-state index contributed by atoms with van der Waals surface area (Å²) in [6.07, 6.45) is -4.34. The lowest BCUT2D eigenvalue weighted by Crippen LogP contribution is -2.37. The van der Waals surface area contributed by atoms with E-state index in [-0.39, 0.29) is 17.5 Å². The van der Waals surface area contributed by atoms with Crippen molar-refractivity contribution < 1.29 is 25.2 Å². The van der Waals surface area contributed by atoms with Gasteiger partial charge < -0.3 is 36.2 Å². The Labute approximate surface area is 142 Å². The van der Waals surface area contributed by atoms with Crippen molar-refractivity contribution in [1.29, 1.82) is 0 Å². The fourth-order valence-electron chi connectivity index (χ4n) is 3.38. The maximum atomic E-state index is 13.0. The van der Waals surface area contributed by atoms with E-state index < -0.39 is 43.1 Å². The van der Waals surface area contributed by atoms with Crippen LogP contribution in [0.4, 0.5) is 5.82 Å². The van der Waals surface area contributed by atoms with E-state index in [1.807, 2.05) is 0 Å². The molecule has 5 atom stereocenters. The zero-order chi connectivity index (χ0) is 17.9. The lowest BCUT2D eigenvalue weighted by atomic mass is 10.1. The van der Waals surface area contributed by atoms with Gasteiger partial charge in [-0.3, -0.25) is 4.57 Å². The molecule has 3 aliphatic rings. The highest BCUT2D eigenvalue weighted by Crippen LogP contribution is 2.37. The van der Waals surface area contributed by atoms with Crippen molar-refractivity contribution in [3.63, 3.8) is 0 Å². The second-order valence-electron chi connectivity index (χ2n) is 6.68. The largest absolute Gasteiger partial charge is 0.394 e. The van der Waals surface area contributed by atoms with Crippen LogP contribution in [0, 0.1) is 5.92 Å². The molecule has 25 heavy (non-hydrogen) atoms. The number of nitrogens with one attached hydrogen (secondary N) is 1. The lowest BCUT2D eigenvalue weighted by Gasteiger charge is -2.22.